The molecule has 1 saturated heterocycles. The Bertz CT molecular complexity index is 425. The molecule has 0 spiro atoms. The van der Waals surface area contributed by atoms with Gasteiger partial charge in [0, 0.05) is 44.1 Å². The normalized spacial score (nSPS) is 25.2. The summed E-state index contributed by atoms with van der Waals surface area (Å²) < 4.78 is 2.04. The van der Waals surface area contributed by atoms with Crippen molar-refractivity contribution in [1.29, 1.82) is 0 Å². The Morgan fingerprint density at radius 1 is 1.10 bits per heavy atom. The molecule has 1 fully saturated rings. The maximum absolute atomic E-state index is 4.33. The lowest BCUT2D eigenvalue weighted by Gasteiger charge is -2.49. The third-order valence-electron chi connectivity index (χ3n) is 4.64. The number of hydrogen-bond donors (Lipinski definition) is 1. The van der Waals surface area contributed by atoms with Crippen molar-refractivity contribution < 1.29 is 0 Å². The molecule has 4 nitrogen and oxygen atoms in total. The lowest BCUT2D eigenvalue weighted by atomic mass is 9.79. The molecule has 2 heterocycles. The van der Waals surface area contributed by atoms with Crippen LogP contribution in [0.3, 0.4) is 0 Å². The number of rotatable bonds is 3. The van der Waals surface area contributed by atoms with E-state index < -0.39 is 0 Å². The molecule has 0 aliphatic carbocycles. The van der Waals surface area contributed by atoms with Crippen molar-refractivity contribution in [1.82, 2.24) is 20.0 Å². The van der Waals surface area contributed by atoms with Crippen LogP contribution in [-0.2, 0) is 6.54 Å². The van der Waals surface area contributed by atoms with Gasteiger partial charge in [0.1, 0.15) is 0 Å². The number of hydrogen-bond acceptors (Lipinski definition) is 3. The van der Waals surface area contributed by atoms with Gasteiger partial charge in [0.15, 0.2) is 0 Å². The highest BCUT2D eigenvalue weighted by atomic mass is 15.3. The van der Waals surface area contributed by atoms with E-state index in [0.29, 0.717) is 22.9 Å². The van der Waals surface area contributed by atoms with E-state index in [1.807, 2.05) is 16.9 Å². The number of piperazine rings is 1. The molecule has 0 bridgehead atoms. The van der Waals surface area contributed by atoms with Crippen molar-refractivity contribution in [2.45, 2.75) is 60.2 Å². The number of nitrogens with zero attached hydrogens (tertiary/aromatic N) is 3. The van der Waals surface area contributed by atoms with E-state index in [0.717, 1.165) is 26.2 Å². The molecule has 2 atom stereocenters. The molecule has 1 aliphatic rings. The van der Waals surface area contributed by atoms with Crippen LogP contribution in [0.25, 0.3) is 0 Å². The molecule has 0 saturated carbocycles. The quantitative estimate of drug-likeness (QED) is 0.929. The number of nitrogens with one attached hydrogen (secondary N) is 1. The minimum absolute atomic E-state index is 0.292. The summed E-state index contributed by atoms with van der Waals surface area (Å²) in [5.41, 5.74) is 0.590. The van der Waals surface area contributed by atoms with Crippen LogP contribution in [0.15, 0.2) is 18.5 Å². The van der Waals surface area contributed by atoms with Crippen molar-refractivity contribution in [2.75, 3.05) is 19.6 Å². The van der Waals surface area contributed by atoms with Crippen LogP contribution in [0.5, 0.6) is 0 Å². The van der Waals surface area contributed by atoms with Crippen LogP contribution in [0, 0.1) is 10.8 Å². The van der Waals surface area contributed by atoms with E-state index in [2.05, 4.69) is 63.1 Å². The Morgan fingerprint density at radius 3 is 2.33 bits per heavy atom. The summed E-state index contributed by atoms with van der Waals surface area (Å²) in [6.07, 6.45) is 3.91. The second-order valence-electron chi connectivity index (χ2n) is 8.47. The fourth-order valence-electron chi connectivity index (χ4n) is 3.15. The second-order valence-corrected chi connectivity index (χ2v) is 8.47. The molecule has 1 N–H and O–H groups in total. The lowest BCUT2D eigenvalue weighted by Crippen LogP contribution is -2.63. The molecule has 2 unspecified atom stereocenters. The summed E-state index contributed by atoms with van der Waals surface area (Å²) in [4.78, 5) is 2.66. The Labute approximate surface area is 129 Å². The fourth-order valence-corrected chi connectivity index (χ4v) is 3.15. The molecule has 4 heteroatoms. The van der Waals surface area contributed by atoms with Crippen LogP contribution in [0.4, 0.5) is 0 Å². The minimum Gasteiger partial charge on any atom is -0.311 e. The van der Waals surface area contributed by atoms with Crippen LogP contribution in [0.2, 0.25) is 0 Å². The van der Waals surface area contributed by atoms with Crippen LogP contribution in [-0.4, -0.2) is 46.4 Å². The van der Waals surface area contributed by atoms with Gasteiger partial charge >= 0.3 is 0 Å². The molecule has 0 aromatic carbocycles. The number of aromatic nitrogens is 2. The van der Waals surface area contributed by atoms with Gasteiger partial charge in [0.2, 0.25) is 0 Å². The average Bonchev–Trinajstić information content (AvgIpc) is 2.86. The van der Waals surface area contributed by atoms with Crippen molar-refractivity contribution in [2.24, 2.45) is 10.8 Å². The van der Waals surface area contributed by atoms with Crippen LogP contribution in [0.1, 0.15) is 41.5 Å². The molecule has 21 heavy (non-hydrogen) atoms. The van der Waals surface area contributed by atoms with E-state index in [1.165, 1.54) is 0 Å². The second kappa shape index (κ2) is 6.09. The first kappa shape index (κ1) is 16.5. The molecule has 2 rings (SSSR count). The van der Waals surface area contributed by atoms with Gasteiger partial charge in [-0.25, -0.2) is 0 Å². The first-order chi connectivity index (χ1) is 9.68. The van der Waals surface area contributed by atoms with Crippen molar-refractivity contribution in [3.8, 4) is 0 Å². The highest BCUT2D eigenvalue weighted by molar-refractivity contribution is 4.96. The van der Waals surface area contributed by atoms with Gasteiger partial charge in [-0.15, -0.1) is 0 Å². The maximum atomic E-state index is 4.33. The Balaban J connectivity index is 2.05. The first-order valence-corrected chi connectivity index (χ1v) is 8.13. The Kier molecular flexibility index (Phi) is 4.79. The molecule has 1 aliphatic heterocycles. The lowest BCUT2D eigenvalue weighted by molar-refractivity contribution is 0.0277. The SMILES string of the molecule is CC(C)(C)C1CN(CCn2cccn2)C(C(C)(C)C)CN1. The van der Waals surface area contributed by atoms with Gasteiger partial charge in [-0.1, -0.05) is 41.5 Å². The molecule has 1 aromatic rings. The smallest absolute Gasteiger partial charge is 0.0536 e. The van der Waals surface area contributed by atoms with E-state index in [4.69, 9.17) is 0 Å². The zero-order valence-corrected chi connectivity index (χ0v) is 14.6. The van der Waals surface area contributed by atoms with Crippen LogP contribution >= 0.6 is 0 Å². The molecular formula is C17H32N4. The zero-order chi connectivity index (χ0) is 15.7. The molecule has 0 radical (unpaired) electrons. The summed E-state index contributed by atoms with van der Waals surface area (Å²) in [5.74, 6) is 0. The van der Waals surface area contributed by atoms with E-state index in [9.17, 15) is 0 Å². The minimum atomic E-state index is 0.292. The topological polar surface area (TPSA) is 33.1 Å². The van der Waals surface area contributed by atoms with Crippen LogP contribution < -0.4 is 5.32 Å². The Hall–Kier alpha value is -0.870. The standard InChI is InChI=1S/C17H32N4/c1-16(2,3)14-13-20(10-11-21-9-7-8-19-21)15(12-18-14)17(4,5)6/h7-9,14-15,18H,10-13H2,1-6H3. The van der Waals surface area contributed by atoms with Crippen molar-refractivity contribution in [3.63, 3.8) is 0 Å². The Morgan fingerprint density at radius 2 is 1.81 bits per heavy atom. The molecule has 1 aromatic heterocycles. The van der Waals surface area contributed by atoms with E-state index in [-0.39, 0.29) is 0 Å². The largest absolute Gasteiger partial charge is 0.311 e. The van der Waals surface area contributed by atoms with Crippen molar-refractivity contribution in [3.05, 3.63) is 18.5 Å². The summed E-state index contributed by atoms with van der Waals surface area (Å²) in [7, 11) is 0. The maximum Gasteiger partial charge on any atom is 0.0536 e. The van der Waals surface area contributed by atoms with E-state index >= 15 is 0 Å². The van der Waals surface area contributed by atoms with Gasteiger partial charge in [0.25, 0.3) is 0 Å². The zero-order valence-electron chi connectivity index (χ0n) is 14.6. The predicted molar refractivity (Wildman–Crippen MR) is 88.3 cm³/mol. The average molecular weight is 292 g/mol. The third-order valence-corrected chi connectivity index (χ3v) is 4.64. The first-order valence-electron chi connectivity index (χ1n) is 8.13. The van der Waals surface area contributed by atoms with Gasteiger partial charge in [-0.05, 0) is 16.9 Å². The highest BCUT2D eigenvalue weighted by Gasteiger charge is 2.38. The summed E-state index contributed by atoms with van der Waals surface area (Å²) in [6.45, 7) is 18.2. The van der Waals surface area contributed by atoms with Gasteiger partial charge in [-0.3, -0.25) is 9.58 Å². The van der Waals surface area contributed by atoms with E-state index in [1.54, 1.807) is 0 Å². The summed E-state index contributed by atoms with van der Waals surface area (Å²) >= 11 is 0. The van der Waals surface area contributed by atoms with Gasteiger partial charge in [-0.2, -0.15) is 5.10 Å². The fraction of sp³-hybridized carbons (Fsp3) is 0.824. The highest BCUT2D eigenvalue weighted by Crippen LogP contribution is 2.30. The molecular weight excluding hydrogens is 260 g/mol. The predicted octanol–water partition coefficient (Wildman–Crippen LogP) is 2.62. The molecule has 120 valence electrons. The van der Waals surface area contributed by atoms with Crippen molar-refractivity contribution >= 4 is 0 Å². The summed E-state index contributed by atoms with van der Waals surface area (Å²) in [6, 6.07) is 3.12. The monoisotopic (exact) mass is 292 g/mol. The van der Waals surface area contributed by atoms with Gasteiger partial charge < -0.3 is 5.32 Å². The van der Waals surface area contributed by atoms with Gasteiger partial charge in [0.05, 0.1) is 6.54 Å². The summed E-state index contributed by atoms with van der Waals surface area (Å²) in [5, 5.41) is 8.10. The molecule has 0 amide bonds. The third kappa shape index (κ3) is 4.30.